The molecular weight excluding hydrogens is 248 g/mol. The van der Waals surface area contributed by atoms with Crippen molar-refractivity contribution in [1.29, 1.82) is 0 Å². The molecule has 3 N–H and O–H groups in total. The third kappa shape index (κ3) is 6.90. The molecule has 8 heteroatoms. The van der Waals surface area contributed by atoms with Gasteiger partial charge in [0.15, 0.2) is 0 Å². The predicted molar refractivity (Wildman–Crippen MR) is 61.9 cm³/mol. The first kappa shape index (κ1) is 15.9. The van der Waals surface area contributed by atoms with Crippen LogP contribution in [0.1, 0.15) is 13.3 Å². The van der Waals surface area contributed by atoms with E-state index in [4.69, 9.17) is 5.73 Å². The van der Waals surface area contributed by atoms with Crippen molar-refractivity contribution in [1.82, 2.24) is 5.32 Å². The molecule has 2 unspecified atom stereocenters. The zero-order chi connectivity index (χ0) is 13.6. The van der Waals surface area contributed by atoms with Crippen molar-refractivity contribution in [3.05, 3.63) is 0 Å². The van der Waals surface area contributed by atoms with E-state index < -0.39 is 33.8 Å². The summed E-state index contributed by atoms with van der Waals surface area (Å²) in [5.41, 5.74) is 5.49. The molecule has 0 fully saturated rings. The quantitative estimate of drug-likeness (QED) is 0.561. The zero-order valence-corrected chi connectivity index (χ0v) is 10.9. The van der Waals surface area contributed by atoms with Gasteiger partial charge >= 0.3 is 5.97 Å². The van der Waals surface area contributed by atoms with Crippen molar-refractivity contribution in [2.75, 3.05) is 19.1 Å². The molecule has 0 aromatic rings. The Balaban J connectivity index is 4.19. The van der Waals surface area contributed by atoms with Crippen LogP contribution in [0, 0.1) is 0 Å². The summed E-state index contributed by atoms with van der Waals surface area (Å²) in [6.45, 7) is 1.45. The van der Waals surface area contributed by atoms with Crippen LogP contribution in [0.5, 0.6) is 0 Å². The maximum absolute atomic E-state index is 11.5. The lowest BCUT2D eigenvalue weighted by Crippen LogP contribution is -2.48. The number of methoxy groups -OCH3 is 1. The van der Waals surface area contributed by atoms with Gasteiger partial charge < -0.3 is 15.8 Å². The van der Waals surface area contributed by atoms with Gasteiger partial charge in [-0.05, 0) is 13.3 Å². The molecule has 0 saturated heterocycles. The van der Waals surface area contributed by atoms with E-state index in [0.29, 0.717) is 0 Å². The Morgan fingerprint density at radius 2 is 1.94 bits per heavy atom. The Morgan fingerprint density at radius 3 is 2.35 bits per heavy atom. The topological polar surface area (TPSA) is 116 Å². The minimum atomic E-state index is -3.15. The number of ether oxygens (including phenoxy) is 1. The van der Waals surface area contributed by atoms with E-state index in [-0.39, 0.29) is 12.2 Å². The number of amides is 1. The van der Waals surface area contributed by atoms with E-state index in [1.54, 1.807) is 0 Å². The molecule has 1 amide bonds. The van der Waals surface area contributed by atoms with Gasteiger partial charge in [-0.2, -0.15) is 0 Å². The predicted octanol–water partition coefficient (Wildman–Crippen LogP) is -1.57. The molecule has 0 spiro atoms. The molecular formula is C9H18N2O5S. The highest BCUT2D eigenvalue weighted by atomic mass is 32.2. The van der Waals surface area contributed by atoms with E-state index in [1.807, 2.05) is 0 Å². The van der Waals surface area contributed by atoms with Crippen LogP contribution in [0.2, 0.25) is 0 Å². The smallest absolute Gasteiger partial charge is 0.328 e. The highest BCUT2D eigenvalue weighted by molar-refractivity contribution is 7.90. The summed E-state index contributed by atoms with van der Waals surface area (Å²) in [5, 5.41) is 2.33. The molecule has 0 aromatic heterocycles. The van der Waals surface area contributed by atoms with Gasteiger partial charge in [-0.25, -0.2) is 13.2 Å². The second-order valence-electron chi connectivity index (χ2n) is 3.78. The summed E-state index contributed by atoms with van der Waals surface area (Å²) in [5.74, 6) is -1.34. The maximum atomic E-state index is 11.5. The summed E-state index contributed by atoms with van der Waals surface area (Å²) >= 11 is 0. The minimum absolute atomic E-state index is 0.0125. The second-order valence-corrected chi connectivity index (χ2v) is 6.04. The van der Waals surface area contributed by atoms with E-state index in [9.17, 15) is 18.0 Å². The van der Waals surface area contributed by atoms with Crippen LogP contribution in [0.25, 0.3) is 0 Å². The molecule has 0 radical (unpaired) electrons. The van der Waals surface area contributed by atoms with Crippen LogP contribution in [0.3, 0.4) is 0 Å². The molecule has 7 nitrogen and oxygen atoms in total. The van der Waals surface area contributed by atoms with Gasteiger partial charge in [-0.15, -0.1) is 0 Å². The largest absolute Gasteiger partial charge is 0.467 e. The number of rotatable bonds is 6. The first-order valence-corrected chi connectivity index (χ1v) is 7.05. The molecule has 0 aromatic carbocycles. The first-order valence-electron chi connectivity index (χ1n) is 4.99. The Labute approximate surface area is 101 Å². The molecule has 100 valence electrons. The van der Waals surface area contributed by atoms with Gasteiger partial charge in [0.1, 0.15) is 15.9 Å². The van der Waals surface area contributed by atoms with Crippen molar-refractivity contribution in [2.24, 2.45) is 5.73 Å². The Morgan fingerprint density at radius 1 is 1.41 bits per heavy atom. The third-order valence-corrected chi connectivity index (χ3v) is 3.03. The van der Waals surface area contributed by atoms with Crippen LogP contribution < -0.4 is 11.1 Å². The highest BCUT2D eigenvalue weighted by Crippen LogP contribution is 1.95. The number of carbonyl (C=O) groups is 2. The van der Waals surface area contributed by atoms with Crippen molar-refractivity contribution < 1.29 is 22.7 Å². The molecule has 0 rings (SSSR count). The van der Waals surface area contributed by atoms with Crippen LogP contribution >= 0.6 is 0 Å². The normalized spacial score (nSPS) is 14.8. The minimum Gasteiger partial charge on any atom is -0.467 e. The zero-order valence-electron chi connectivity index (χ0n) is 10.1. The number of hydrogen-bond donors (Lipinski definition) is 2. The van der Waals surface area contributed by atoms with Crippen LogP contribution in [0.15, 0.2) is 0 Å². The molecule has 0 aliphatic carbocycles. The summed E-state index contributed by atoms with van der Waals surface area (Å²) < 4.78 is 26.2. The van der Waals surface area contributed by atoms with Crippen molar-refractivity contribution in [3.8, 4) is 0 Å². The Kier molecular flexibility index (Phi) is 6.11. The summed E-state index contributed by atoms with van der Waals surface area (Å²) in [4.78, 5) is 22.5. The number of hydrogen-bond acceptors (Lipinski definition) is 6. The van der Waals surface area contributed by atoms with Crippen LogP contribution in [0.4, 0.5) is 0 Å². The standard InChI is InChI=1S/C9H18N2O5S/c1-6(9(13)16-2)11-8(12)7(10)4-5-17(3,14)15/h6-7H,4-5,10H2,1-3H3,(H,11,12). The molecule has 0 heterocycles. The fraction of sp³-hybridized carbons (Fsp3) is 0.778. The maximum Gasteiger partial charge on any atom is 0.328 e. The van der Waals surface area contributed by atoms with E-state index in [0.717, 1.165) is 6.26 Å². The third-order valence-electron chi connectivity index (χ3n) is 2.05. The van der Waals surface area contributed by atoms with E-state index in [1.165, 1.54) is 14.0 Å². The van der Waals surface area contributed by atoms with Gasteiger partial charge in [-0.1, -0.05) is 0 Å². The van der Waals surface area contributed by atoms with Crippen molar-refractivity contribution >= 4 is 21.7 Å². The number of nitrogens with two attached hydrogens (primary N) is 1. The van der Waals surface area contributed by atoms with Gasteiger partial charge in [0, 0.05) is 6.26 Å². The fourth-order valence-electron chi connectivity index (χ4n) is 1.03. The number of esters is 1. The molecule has 0 bridgehead atoms. The second kappa shape index (κ2) is 6.55. The van der Waals surface area contributed by atoms with Crippen LogP contribution in [-0.4, -0.2) is 51.5 Å². The van der Waals surface area contributed by atoms with Crippen LogP contribution in [-0.2, 0) is 24.2 Å². The van der Waals surface area contributed by atoms with Crippen molar-refractivity contribution in [2.45, 2.75) is 25.4 Å². The average Bonchev–Trinajstić information content (AvgIpc) is 2.23. The molecule has 0 saturated carbocycles. The fourth-order valence-corrected chi connectivity index (χ4v) is 1.71. The van der Waals surface area contributed by atoms with E-state index in [2.05, 4.69) is 10.1 Å². The summed E-state index contributed by atoms with van der Waals surface area (Å²) in [6, 6.07) is -1.77. The molecule has 0 aliphatic rings. The Hall–Kier alpha value is -1.15. The van der Waals surface area contributed by atoms with Gasteiger partial charge in [0.25, 0.3) is 0 Å². The lowest BCUT2D eigenvalue weighted by molar-refractivity contribution is -0.144. The number of sulfone groups is 1. The van der Waals surface area contributed by atoms with Gasteiger partial charge in [0.2, 0.25) is 5.91 Å². The Bertz CT molecular complexity index is 379. The van der Waals surface area contributed by atoms with Crippen molar-refractivity contribution in [3.63, 3.8) is 0 Å². The lowest BCUT2D eigenvalue weighted by atomic mass is 10.2. The first-order chi connectivity index (χ1) is 7.67. The molecule has 17 heavy (non-hydrogen) atoms. The van der Waals surface area contributed by atoms with Gasteiger partial charge in [-0.3, -0.25) is 4.79 Å². The summed E-state index contributed by atoms with van der Waals surface area (Å²) in [6.07, 6.45) is 1.08. The highest BCUT2D eigenvalue weighted by Gasteiger charge is 2.21. The summed E-state index contributed by atoms with van der Waals surface area (Å²) in [7, 11) is -1.95. The lowest BCUT2D eigenvalue weighted by Gasteiger charge is -2.15. The molecule has 2 atom stereocenters. The SMILES string of the molecule is COC(=O)C(C)NC(=O)C(N)CCS(C)(=O)=O. The number of carbonyl (C=O) groups excluding carboxylic acids is 2. The number of nitrogens with one attached hydrogen (secondary N) is 1. The van der Waals surface area contributed by atoms with Gasteiger partial charge in [0.05, 0.1) is 18.9 Å². The molecule has 0 aliphatic heterocycles. The van der Waals surface area contributed by atoms with E-state index >= 15 is 0 Å². The monoisotopic (exact) mass is 266 g/mol. The average molecular weight is 266 g/mol.